The van der Waals surface area contributed by atoms with Gasteiger partial charge in [-0.25, -0.2) is 4.90 Å². The normalized spacial score (nSPS) is 24.1. The summed E-state index contributed by atoms with van der Waals surface area (Å²) in [6.45, 7) is 0. The number of fused-ring (bicyclic) bond motifs is 5. The first kappa shape index (κ1) is 31.1. The molecular formula is C41H29Cl2NO5. The fraction of sp³-hybridized carbons (Fsp3) is 0.146. The van der Waals surface area contributed by atoms with Gasteiger partial charge in [0, 0.05) is 0 Å². The van der Waals surface area contributed by atoms with Gasteiger partial charge in [-0.15, -0.1) is 0 Å². The summed E-state index contributed by atoms with van der Waals surface area (Å²) in [5.74, 6) is -1.99. The third-order valence-corrected chi connectivity index (χ3v) is 11.1. The number of benzene rings is 5. The number of rotatable bonds is 7. The number of nitrogens with zero attached hydrogens (tertiary/aromatic N) is 1. The average Bonchev–Trinajstić information content (AvgIpc) is 3.65. The third kappa shape index (κ3) is 4.11. The highest BCUT2D eigenvalue weighted by Gasteiger charge is 2.82. The maximum atomic E-state index is 16.0. The van der Waals surface area contributed by atoms with Crippen LogP contribution >= 0.6 is 23.2 Å². The van der Waals surface area contributed by atoms with Crippen molar-refractivity contribution in [2.24, 2.45) is 11.8 Å². The molecule has 0 N–H and O–H groups in total. The molecule has 49 heavy (non-hydrogen) atoms. The minimum Gasteiger partial charge on any atom is -0.497 e. The summed E-state index contributed by atoms with van der Waals surface area (Å²) in [5, 5.41) is 0.508. The molecule has 3 aliphatic rings. The zero-order chi connectivity index (χ0) is 34.1. The smallest absolute Gasteiger partial charge is 0.239 e. The van der Waals surface area contributed by atoms with E-state index in [4.69, 9.17) is 32.7 Å². The number of Topliss-reactive ketones (excluding diaryl/α,β-unsaturated/α-hetero) is 1. The Labute approximate surface area is 293 Å². The summed E-state index contributed by atoms with van der Waals surface area (Å²) in [6.07, 6.45) is 0. The molecule has 1 saturated carbocycles. The van der Waals surface area contributed by atoms with Gasteiger partial charge in [0.2, 0.25) is 11.8 Å². The molecule has 6 nitrogen and oxygen atoms in total. The van der Waals surface area contributed by atoms with Crippen molar-refractivity contribution < 1.29 is 23.9 Å². The number of halogens is 2. The van der Waals surface area contributed by atoms with E-state index in [-0.39, 0.29) is 10.8 Å². The molecule has 4 atom stereocenters. The molecule has 1 aliphatic heterocycles. The van der Waals surface area contributed by atoms with Gasteiger partial charge in [0.1, 0.15) is 11.5 Å². The Morgan fingerprint density at radius 1 is 0.551 bits per heavy atom. The summed E-state index contributed by atoms with van der Waals surface area (Å²) in [7, 11) is 3.19. The van der Waals surface area contributed by atoms with E-state index in [0.29, 0.717) is 44.5 Å². The molecule has 1 heterocycles. The van der Waals surface area contributed by atoms with Gasteiger partial charge < -0.3 is 9.47 Å². The number of hydrogen-bond donors (Lipinski definition) is 0. The number of carbonyl (C=O) groups excluding carboxylic acids is 3. The first-order chi connectivity index (χ1) is 23.8. The lowest BCUT2D eigenvalue weighted by molar-refractivity contribution is -0.130. The van der Waals surface area contributed by atoms with Gasteiger partial charge in [0.15, 0.2) is 5.78 Å². The largest absolute Gasteiger partial charge is 0.497 e. The summed E-state index contributed by atoms with van der Waals surface area (Å²) in [4.78, 5) is 47.4. The topological polar surface area (TPSA) is 72.9 Å². The minimum absolute atomic E-state index is 0.209. The second kappa shape index (κ2) is 11.5. The van der Waals surface area contributed by atoms with E-state index in [1.165, 1.54) is 11.0 Å². The predicted octanol–water partition coefficient (Wildman–Crippen LogP) is 8.20. The fourth-order valence-corrected chi connectivity index (χ4v) is 8.81. The second-order valence-electron chi connectivity index (χ2n) is 12.4. The van der Waals surface area contributed by atoms with Crippen molar-refractivity contribution in [1.82, 2.24) is 0 Å². The molecule has 1 saturated heterocycles. The van der Waals surface area contributed by atoms with Crippen molar-refractivity contribution in [3.63, 3.8) is 0 Å². The number of imide groups is 1. The van der Waals surface area contributed by atoms with E-state index in [1.807, 2.05) is 109 Å². The van der Waals surface area contributed by atoms with E-state index in [1.54, 1.807) is 26.4 Å². The highest BCUT2D eigenvalue weighted by Crippen LogP contribution is 2.74. The van der Waals surface area contributed by atoms with Crippen LogP contribution in [0.15, 0.2) is 127 Å². The number of ketones is 1. The Bertz CT molecular complexity index is 2050. The van der Waals surface area contributed by atoms with Crippen molar-refractivity contribution in [2.75, 3.05) is 19.1 Å². The third-order valence-electron chi connectivity index (χ3n) is 10.4. The molecule has 8 rings (SSSR count). The molecule has 0 aromatic heterocycles. The van der Waals surface area contributed by atoms with Crippen LogP contribution in [0.4, 0.5) is 5.69 Å². The number of hydrogen-bond acceptors (Lipinski definition) is 5. The highest BCUT2D eigenvalue weighted by atomic mass is 35.5. The Morgan fingerprint density at radius 2 is 0.980 bits per heavy atom. The molecule has 0 unspecified atom stereocenters. The molecule has 2 amide bonds. The zero-order valence-corrected chi connectivity index (χ0v) is 28.0. The molecule has 242 valence electrons. The van der Waals surface area contributed by atoms with E-state index in [9.17, 15) is 0 Å². The first-order valence-electron chi connectivity index (χ1n) is 15.8. The molecule has 0 radical (unpaired) electrons. The van der Waals surface area contributed by atoms with Crippen LogP contribution in [0.2, 0.25) is 10.0 Å². The lowest BCUT2D eigenvalue weighted by Gasteiger charge is -2.39. The van der Waals surface area contributed by atoms with Gasteiger partial charge in [-0.3, -0.25) is 14.4 Å². The SMILES string of the molecule is COc1ccc(C2=C(c3ccc(OC)cc3)[C@@]3(c4ccccc4)C(=O)[C@@]2(c2ccccc2)[C@@H]2C(=O)N(c4ccc(Cl)c(Cl)c4)C(=O)[C@@H]23)cc1. The van der Waals surface area contributed by atoms with Gasteiger partial charge in [-0.2, -0.15) is 0 Å². The van der Waals surface area contributed by atoms with Crippen LogP contribution in [-0.2, 0) is 25.2 Å². The molecule has 2 aliphatic carbocycles. The average molecular weight is 687 g/mol. The predicted molar refractivity (Wildman–Crippen MR) is 190 cm³/mol. The van der Waals surface area contributed by atoms with Gasteiger partial charge >= 0.3 is 0 Å². The summed E-state index contributed by atoms with van der Waals surface area (Å²) >= 11 is 12.7. The Balaban J connectivity index is 1.54. The van der Waals surface area contributed by atoms with E-state index in [2.05, 4.69) is 0 Å². The maximum absolute atomic E-state index is 16.0. The van der Waals surface area contributed by atoms with Crippen LogP contribution < -0.4 is 14.4 Å². The van der Waals surface area contributed by atoms with Gasteiger partial charge in [0.25, 0.3) is 0 Å². The molecular weight excluding hydrogens is 657 g/mol. The Morgan fingerprint density at radius 3 is 1.37 bits per heavy atom. The van der Waals surface area contributed by atoms with Crippen LogP contribution in [0.1, 0.15) is 22.3 Å². The van der Waals surface area contributed by atoms with Crippen LogP contribution in [-0.4, -0.2) is 31.8 Å². The standard InChI is InChI=1S/C41H29Cl2NO5/c1-48-29-18-13-24(14-19-29)33-34(25-15-20-30(49-2)21-16-25)41(27-11-7-4-8-12-27)36-35(40(33,39(41)47)26-9-5-3-6-10-26)37(45)44(38(36)46)28-17-22-31(42)32(43)23-28/h3-23,35-36H,1-2H3/t35-,36+,40-,41-/m1/s1. The van der Waals surface area contributed by atoms with Crippen LogP contribution in [0.3, 0.4) is 0 Å². The van der Waals surface area contributed by atoms with Crippen molar-refractivity contribution in [3.05, 3.63) is 160 Å². The van der Waals surface area contributed by atoms with Gasteiger partial charge in [-0.05, 0) is 75.9 Å². The zero-order valence-electron chi connectivity index (χ0n) is 26.5. The maximum Gasteiger partial charge on any atom is 0.239 e. The number of amides is 2. The van der Waals surface area contributed by atoms with Crippen molar-refractivity contribution in [2.45, 2.75) is 10.8 Å². The molecule has 5 aromatic carbocycles. The monoisotopic (exact) mass is 685 g/mol. The highest BCUT2D eigenvalue weighted by molar-refractivity contribution is 6.43. The number of carbonyl (C=O) groups is 3. The number of ether oxygens (including phenoxy) is 2. The molecule has 2 bridgehead atoms. The van der Waals surface area contributed by atoms with Gasteiger partial charge in [0.05, 0.1) is 52.6 Å². The van der Waals surface area contributed by atoms with Crippen LogP contribution in [0.25, 0.3) is 11.1 Å². The molecule has 5 aromatic rings. The first-order valence-corrected chi connectivity index (χ1v) is 16.6. The number of allylic oxidation sites excluding steroid dienone is 2. The van der Waals surface area contributed by atoms with Crippen molar-refractivity contribution in [3.8, 4) is 11.5 Å². The number of methoxy groups -OCH3 is 2. The van der Waals surface area contributed by atoms with E-state index < -0.39 is 34.5 Å². The summed E-state index contributed by atoms with van der Waals surface area (Å²) in [5.41, 5.74) is 1.35. The van der Waals surface area contributed by atoms with E-state index in [0.717, 1.165) is 11.1 Å². The summed E-state index contributed by atoms with van der Waals surface area (Å²) < 4.78 is 11.0. The number of anilines is 1. The summed E-state index contributed by atoms with van der Waals surface area (Å²) in [6, 6.07) is 38.5. The minimum atomic E-state index is -1.54. The van der Waals surface area contributed by atoms with Crippen molar-refractivity contribution in [1.29, 1.82) is 0 Å². The van der Waals surface area contributed by atoms with Crippen LogP contribution in [0, 0.1) is 11.8 Å². The van der Waals surface area contributed by atoms with Gasteiger partial charge in [-0.1, -0.05) is 108 Å². The molecule has 0 spiro atoms. The Hall–Kier alpha value is -5.17. The Kier molecular flexibility index (Phi) is 7.28. The molecule has 8 heteroatoms. The quantitative estimate of drug-likeness (QED) is 0.162. The van der Waals surface area contributed by atoms with Crippen molar-refractivity contribution >= 4 is 57.6 Å². The van der Waals surface area contributed by atoms with E-state index >= 15 is 14.4 Å². The lowest BCUT2D eigenvalue weighted by atomic mass is 9.59. The molecule has 2 fully saturated rings. The van der Waals surface area contributed by atoms with Crippen LogP contribution in [0.5, 0.6) is 11.5 Å². The lowest BCUT2D eigenvalue weighted by Crippen LogP contribution is -2.45. The second-order valence-corrected chi connectivity index (χ2v) is 13.3. The fourth-order valence-electron chi connectivity index (χ4n) is 8.52.